The van der Waals surface area contributed by atoms with Crippen LogP contribution in [0.3, 0.4) is 0 Å². The summed E-state index contributed by atoms with van der Waals surface area (Å²) in [6, 6.07) is 10.4. The van der Waals surface area contributed by atoms with Crippen LogP contribution >= 0.6 is 15.9 Å². The number of halogens is 1. The van der Waals surface area contributed by atoms with Gasteiger partial charge < -0.3 is 0 Å². The summed E-state index contributed by atoms with van der Waals surface area (Å²) in [4.78, 5) is 0. The van der Waals surface area contributed by atoms with E-state index in [1.165, 1.54) is 0 Å². The summed E-state index contributed by atoms with van der Waals surface area (Å²) in [5, 5.41) is 15.3. The molecule has 0 N–H and O–H groups in total. The van der Waals surface area contributed by atoms with Crippen molar-refractivity contribution < 1.29 is 0 Å². The van der Waals surface area contributed by atoms with Crippen molar-refractivity contribution in [2.45, 2.75) is 6.42 Å². The maximum absolute atomic E-state index is 8.95. The number of hydrogen-bond acceptors (Lipinski definition) is 2. The van der Waals surface area contributed by atoms with Gasteiger partial charge in [0.05, 0.1) is 23.2 Å². The molecule has 1 heterocycles. The lowest BCUT2D eigenvalue weighted by molar-refractivity contribution is 0.700. The van der Waals surface area contributed by atoms with Gasteiger partial charge in [-0.3, -0.25) is 4.68 Å². The minimum atomic E-state index is -0.0155. The lowest BCUT2D eigenvalue weighted by atomic mass is 10.0. The zero-order valence-corrected chi connectivity index (χ0v) is 10.6. The van der Waals surface area contributed by atoms with Crippen LogP contribution in [0.15, 0.2) is 24.3 Å². The number of fused-ring (bicyclic) bond motifs is 1. The summed E-state index contributed by atoms with van der Waals surface area (Å²) in [7, 11) is 1.93. The number of nitrogens with zero attached hydrogens (tertiary/aromatic N) is 3. The fourth-order valence-corrected chi connectivity index (χ4v) is 2.18. The van der Waals surface area contributed by atoms with Crippen molar-refractivity contribution in [1.29, 1.82) is 5.26 Å². The van der Waals surface area contributed by atoms with E-state index in [1.807, 2.05) is 29.9 Å². The van der Waals surface area contributed by atoms with Crippen LogP contribution in [0, 0.1) is 17.2 Å². The van der Waals surface area contributed by atoms with E-state index in [-0.39, 0.29) is 5.92 Å². The van der Waals surface area contributed by atoms with Crippen LogP contribution in [0.4, 0.5) is 0 Å². The molecule has 1 unspecified atom stereocenters. The lowest BCUT2D eigenvalue weighted by Crippen LogP contribution is -2.04. The van der Waals surface area contributed by atoms with Crippen molar-refractivity contribution in [1.82, 2.24) is 9.78 Å². The zero-order valence-electron chi connectivity index (χ0n) is 9.02. The number of hydrogen-bond donors (Lipinski definition) is 0. The molecule has 2 rings (SSSR count). The van der Waals surface area contributed by atoms with Crippen molar-refractivity contribution >= 4 is 26.8 Å². The van der Waals surface area contributed by atoms with Gasteiger partial charge in [-0.2, -0.15) is 10.4 Å². The second kappa shape index (κ2) is 4.67. The third-order valence-corrected chi connectivity index (χ3v) is 3.42. The van der Waals surface area contributed by atoms with E-state index in [4.69, 9.17) is 5.26 Å². The van der Waals surface area contributed by atoms with E-state index in [0.29, 0.717) is 11.8 Å². The van der Waals surface area contributed by atoms with Gasteiger partial charge in [0, 0.05) is 24.2 Å². The minimum absolute atomic E-state index is 0.0155. The van der Waals surface area contributed by atoms with Crippen LogP contribution < -0.4 is 0 Å². The van der Waals surface area contributed by atoms with Crippen LogP contribution in [0.1, 0.15) is 5.69 Å². The van der Waals surface area contributed by atoms with E-state index in [9.17, 15) is 0 Å². The zero-order chi connectivity index (χ0) is 11.5. The Bertz CT molecular complexity index is 539. The summed E-state index contributed by atoms with van der Waals surface area (Å²) >= 11 is 3.35. The second-order valence-corrected chi connectivity index (χ2v) is 4.42. The molecule has 0 aliphatic carbocycles. The Labute approximate surface area is 103 Å². The molecule has 0 radical (unpaired) electrons. The summed E-state index contributed by atoms with van der Waals surface area (Å²) in [6.45, 7) is 0. The van der Waals surface area contributed by atoms with Gasteiger partial charge in [0.15, 0.2) is 0 Å². The Morgan fingerprint density at radius 1 is 1.50 bits per heavy atom. The molecule has 0 amide bonds. The van der Waals surface area contributed by atoms with Gasteiger partial charge >= 0.3 is 0 Å². The maximum atomic E-state index is 8.95. The number of para-hydroxylation sites is 1. The van der Waals surface area contributed by atoms with Crippen molar-refractivity contribution in [3.8, 4) is 6.07 Å². The minimum Gasteiger partial charge on any atom is -0.268 e. The molecule has 16 heavy (non-hydrogen) atoms. The van der Waals surface area contributed by atoms with E-state index in [2.05, 4.69) is 33.2 Å². The topological polar surface area (TPSA) is 41.6 Å². The Hall–Kier alpha value is -1.34. The molecule has 3 nitrogen and oxygen atoms in total. The molecule has 0 saturated heterocycles. The first-order valence-electron chi connectivity index (χ1n) is 5.12. The number of nitriles is 1. The Balaban J connectivity index is 2.42. The third-order valence-electron chi connectivity index (χ3n) is 2.64. The van der Waals surface area contributed by atoms with Gasteiger partial charge in [-0.15, -0.1) is 0 Å². The van der Waals surface area contributed by atoms with E-state index < -0.39 is 0 Å². The molecule has 0 bridgehead atoms. The molecule has 2 aromatic rings. The Morgan fingerprint density at radius 3 is 2.94 bits per heavy atom. The molecular weight excluding hydrogens is 266 g/mol. The first-order chi connectivity index (χ1) is 7.76. The summed E-state index contributed by atoms with van der Waals surface area (Å²) in [5.41, 5.74) is 2.12. The number of alkyl halides is 1. The van der Waals surface area contributed by atoms with Crippen LogP contribution in [-0.2, 0) is 13.5 Å². The molecule has 82 valence electrons. The van der Waals surface area contributed by atoms with Gasteiger partial charge in [-0.25, -0.2) is 0 Å². The van der Waals surface area contributed by atoms with Gasteiger partial charge in [-0.1, -0.05) is 34.1 Å². The number of benzene rings is 1. The highest BCUT2D eigenvalue weighted by Crippen LogP contribution is 2.20. The van der Waals surface area contributed by atoms with Crippen molar-refractivity contribution in [3.05, 3.63) is 30.0 Å². The highest BCUT2D eigenvalue weighted by atomic mass is 79.9. The normalized spacial score (nSPS) is 12.6. The highest BCUT2D eigenvalue weighted by molar-refractivity contribution is 9.09. The third kappa shape index (κ3) is 1.96. The van der Waals surface area contributed by atoms with Crippen LogP contribution in [0.2, 0.25) is 0 Å². The molecule has 0 spiro atoms. The van der Waals surface area contributed by atoms with Crippen molar-refractivity contribution in [2.75, 3.05) is 5.33 Å². The van der Waals surface area contributed by atoms with Crippen LogP contribution in [0.5, 0.6) is 0 Å². The largest absolute Gasteiger partial charge is 0.268 e. The monoisotopic (exact) mass is 277 g/mol. The summed E-state index contributed by atoms with van der Waals surface area (Å²) in [6.07, 6.45) is 0.698. The van der Waals surface area contributed by atoms with E-state index in [1.54, 1.807) is 0 Å². The Kier molecular flexibility index (Phi) is 3.25. The van der Waals surface area contributed by atoms with Crippen LogP contribution in [0.25, 0.3) is 10.9 Å². The molecule has 0 aliphatic rings. The van der Waals surface area contributed by atoms with Crippen molar-refractivity contribution in [3.63, 3.8) is 0 Å². The predicted octanol–water partition coefficient (Wildman–Crippen LogP) is 2.65. The number of aryl methyl sites for hydroxylation is 1. The first kappa shape index (κ1) is 11.2. The fourth-order valence-electron chi connectivity index (χ4n) is 1.81. The first-order valence-corrected chi connectivity index (χ1v) is 6.24. The average molecular weight is 278 g/mol. The van der Waals surface area contributed by atoms with Gasteiger partial charge in [0.2, 0.25) is 0 Å². The van der Waals surface area contributed by atoms with Gasteiger partial charge in [-0.05, 0) is 6.07 Å². The number of rotatable bonds is 3. The molecular formula is C12H12BrN3. The molecule has 1 atom stereocenters. The molecule has 1 aromatic heterocycles. The summed E-state index contributed by atoms with van der Waals surface area (Å²) < 4.78 is 1.87. The molecule has 0 saturated carbocycles. The lowest BCUT2D eigenvalue weighted by Gasteiger charge is -2.01. The molecule has 1 aromatic carbocycles. The van der Waals surface area contributed by atoms with Gasteiger partial charge in [0.25, 0.3) is 0 Å². The van der Waals surface area contributed by atoms with Crippen molar-refractivity contribution in [2.24, 2.45) is 13.0 Å². The highest BCUT2D eigenvalue weighted by Gasteiger charge is 2.13. The summed E-state index contributed by atoms with van der Waals surface area (Å²) in [5.74, 6) is -0.0155. The molecule has 0 fully saturated rings. The second-order valence-electron chi connectivity index (χ2n) is 3.77. The quantitative estimate of drug-likeness (QED) is 0.810. The fraction of sp³-hybridized carbons (Fsp3) is 0.333. The van der Waals surface area contributed by atoms with E-state index in [0.717, 1.165) is 16.6 Å². The standard InChI is InChI=1S/C12H12BrN3/c1-16-12-5-3-2-4-10(12)11(15-16)6-9(7-13)8-14/h2-5,9H,6-7H2,1H3. The number of aromatic nitrogens is 2. The van der Waals surface area contributed by atoms with Gasteiger partial charge in [0.1, 0.15) is 0 Å². The average Bonchev–Trinajstić information content (AvgIpc) is 2.64. The maximum Gasteiger partial charge on any atom is 0.0716 e. The molecule has 0 aliphatic heterocycles. The van der Waals surface area contributed by atoms with E-state index >= 15 is 0 Å². The smallest absolute Gasteiger partial charge is 0.0716 e. The van der Waals surface area contributed by atoms with Crippen LogP contribution in [-0.4, -0.2) is 15.1 Å². The predicted molar refractivity (Wildman–Crippen MR) is 67.3 cm³/mol. The Morgan fingerprint density at radius 2 is 2.25 bits per heavy atom. The SMILES string of the molecule is Cn1nc(CC(C#N)CBr)c2ccccc21. The molecule has 4 heteroatoms.